The van der Waals surface area contributed by atoms with Crippen molar-refractivity contribution >= 4 is 11.3 Å². The summed E-state index contributed by atoms with van der Waals surface area (Å²) in [7, 11) is 0. The van der Waals surface area contributed by atoms with Gasteiger partial charge in [-0.2, -0.15) is 0 Å². The van der Waals surface area contributed by atoms with E-state index in [1.54, 1.807) is 0 Å². The first kappa shape index (κ1) is 13.8. The summed E-state index contributed by atoms with van der Waals surface area (Å²) in [5.41, 5.74) is 6.54. The van der Waals surface area contributed by atoms with Crippen molar-refractivity contribution in [3.8, 4) is 0 Å². The minimum atomic E-state index is 1.04. The zero-order chi connectivity index (χ0) is 15.5. The van der Waals surface area contributed by atoms with Crippen LogP contribution in [0.2, 0.25) is 0 Å². The second kappa shape index (κ2) is 6.13. The highest BCUT2D eigenvalue weighted by molar-refractivity contribution is 5.82. The number of anilines is 1. The molecule has 1 heteroatoms. The normalized spacial score (nSPS) is 12.8. The number of para-hydroxylation sites is 1. The Morgan fingerprint density at radius 1 is 0.696 bits per heavy atom. The van der Waals surface area contributed by atoms with Gasteiger partial charge in [-0.3, -0.25) is 0 Å². The van der Waals surface area contributed by atoms with Crippen LogP contribution in [0.1, 0.15) is 16.7 Å². The summed E-state index contributed by atoms with van der Waals surface area (Å²) in [6, 6.07) is 30.0. The standard InChI is InChI=1S/C22H19N/c1-3-9-18(10-4-1)21(19-11-5-2-6-12-19)17-23-16-15-20-13-7-8-14-22(20)23/h1-14,17H,15-16H2. The van der Waals surface area contributed by atoms with Gasteiger partial charge >= 0.3 is 0 Å². The van der Waals surface area contributed by atoms with Crippen molar-refractivity contribution in [3.05, 3.63) is 108 Å². The van der Waals surface area contributed by atoms with Gasteiger partial charge in [0.05, 0.1) is 0 Å². The average Bonchev–Trinajstić information content (AvgIpc) is 3.04. The molecule has 0 aliphatic carbocycles. The Morgan fingerprint density at radius 2 is 1.26 bits per heavy atom. The summed E-state index contributed by atoms with van der Waals surface area (Å²) in [5, 5.41) is 0. The molecule has 112 valence electrons. The molecule has 0 N–H and O–H groups in total. The molecule has 0 spiro atoms. The third-order valence-electron chi connectivity index (χ3n) is 4.38. The molecule has 3 aromatic rings. The molecule has 23 heavy (non-hydrogen) atoms. The quantitative estimate of drug-likeness (QED) is 0.647. The molecule has 1 aliphatic heterocycles. The van der Waals surface area contributed by atoms with E-state index in [2.05, 4.69) is 96.0 Å². The van der Waals surface area contributed by atoms with E-state index in [1.165, 1.54) is 28.0 Å². The maximum Gasteiger partial charge on any atom is 0.0439 e. The zero-order valence-corrected chi connectivity index (χ0v) is 13.0. The fourth-order valence-corrected chi connectivity index (χ4v) is 3.20. The predicted octanol–water partition coefficient (Wildman–Crippen LogP) is 5.14. The molecule has 1 aliphatic rings. The van der Waals surface area contributed by atoms with Gasteiger partial charge < -0.3 is 4.90 Å². The topological polar surface area (TPSA) is 3.24 Å². The molecule has 0 atom stereocenters. The Morgan fingerprint density at radius 3 is 1.91 bits per heavy atom. The molecule has 0 amide bonds. The van der Waals surface area contributed by atoms with Gasteiger partial charge in [0.25, 0.3) is 0 Å². The van der Waals surface area contributed by atoms with Gasteiger partial charge in [-0.25, -0.2) is 0 Å². The molecule has 1 heterocycles. The van der Waals surface area contributed by atoms with E-state index in [1.807, 2.05) is 0 Å². The van der Waals surface area contributed by atoms with Crippen molar-refractivity contribution in [2.24, 2.45) is 0 Å². The molecular weight excluding hydrogens is 278 g/mol. The second-order valence-corrected chi connectivity index (χ2v) is 5.85. The highest BCUT2D eigenvalue weighted by atomic mass is 15.1. The fraction of sp³-hybridized carbons (Fsp3) is 0.0909. The summed E-state index contributed by atoms with van der Waals surface area (Å²) in [6.07, 6.45) is 3.42. The number of rotatable bonds is 3. The van der Waals surface area contributed by atoms with Crippen LogP contribution in [-0.4, -0.2) is 6.54 Å². The van der Waals surface area contributed by atoms with Crippen molar-refractivity contribution in [2.45, 2.75) is 6.42 Å². The first-order valence-electron chi connectivity index (χ1n) is 8.09. The molecule has 0 radical (unpaired) electrons. The lowest BCUT2D eigenvalue weighted by atomic mass is 9.99. The molecule has 4 rings (SSSR count). The highest BCUT2D eigenvalue weighted by Gasteiger charge is 2.17. The zero-order valence-electron chi connectivity index (χ0n) is 13.0. The molecule has 0 aromatic heterocycles. The van der Waals surface area contributed by atoms with Crippen LogP contribution in [-0.2, 0) is 6.42 Å². The average molecular weight is 297 g/mol. The summed E-state index contributed by atoms with van der Waals surface area (Å²) in [4.78, 5) is 2.38. The first-order valence-corrected chi connectivity index (χ1v) is 8.09. The van der Waals surface area contributed by atoms with Crippen LogP contribution in [0.15, 0.2) is 91.1 Å². The van der Waals surface area contributed by atoms with E-state index in [0.29, 0.717) is 0 Å². The summed E-state index contributed by atoms with van der Waals surface area (Å²) in [5.74, 6) is 0. The molecule has 0 bridgehead atoms. The Labute approximate surface area is 137 Å². The smallest absolute Gasteiger partial charge is 0.0439 e. The van der Waals surface area contributed by atoms with Gasteiger partial charge in [-0.1, -0.05) is 78.9 Å². The summed E-state index contributed by atoms with van der Waals surface area (Å²) >= 11 is 0. The number of fused-ring (bicyclic) bond motifs is 1. The van der Waals surface area contributed by atoms with E-state index in [-0.39, 0.29) is 0 Å². The van der Waals surface area contributed by atoms with Crippen molar-refractivity contribution in [1.29, 1.82) is 0 Å². The van der Waals surface area contributed by atoms with Gasteiger partial charge in [-0.05, 0) is 29.2 Å². The van der Waals surface area contributed by atoms with Gasteiger partial charge in [0.15, 0.2) is 0 Å². The maximum absolute atomic E-state index is 2.38. The van der Waals surface area contributed by atoms with Crippen LogP contribution >= 0.6 is 0 Å². The highest BCUT2D eigenvalue weighted by Crippen LogP contribution is 2.31. The Kier molecular flexibility index (Phi) is 3.69. The van der Waals surface area contributed by atoms with Crippen LogP contribution in [0.25, 0.3) is 5.57 Å². The lowest BCUT2D eigenvalue weighted by Crippen LogP contribution is -2.13. The summed E-state index contributed by atoms with van der Waals surface area (Å²) in [6.45, 7) is 1.04. The van der Waals surface area contributed by atoms with E-state index in [9.17, 15) is 0 Å². The number of hydrogen-bond donors (Lipinski definition) is 0. The van der Waals surface area contributed by atoms with E-state index in [4.69, 9.17) is 0 Å². The third-order valence-corrected chi connectivity index (χ3v) is 4.38. The van der Waals surface area contributed by atoms with E-state index >= 15 is 0 Å². The van der Waals surface area contributed by atoms with Gasteiger partial charge in [0.1, 0.15) is 0 Å². The molecule has 0 saturated carbocycles. The minimum Gasteiger partial charge on any atom is -0.347 e. The second-order valence-electron chi connectivity index (χ2n) is 5.85. The Balaban J connectivity index is 1.80. The Hall–Kier alpha value is -2.80. The fourth-order valence-electron chi connectivity index (χ4n) is 3.20. The van der Waals surface area contributed by atoms with Gasteiger partial charge in [-0.15, -0.1) is 0 Å². The van der Waals surface area contributed by atoms with Crippen molar-refractivity contribution < 1.29 is 0 Å². The van der Waals surface area contributed by atoms with Crippen molar-refractivity contribution in [2.75, 3.05) is 11.4 Å². The SMILES string of the molecule is C(=C(c1ccccc1)c1ccccc1)N1CCc2ccccc21. The van der Waals surface area contributed by atoms with E-state index < -0.39 is 0 Å². The Bertz CT molecular complexity index is 777. The predicted molar refractivity (Wildman–Crippen MR) is 97.5 cm³/mol. The third kappa shape index (κ3) is 2.78. The maximum atomic E-state index is 2.38. The molecule has 0 unspecified atom stereocenters. The lowest BCUT2D eigenvalue weighted by Gasteiger charge is -2.18. The van der Waals surface area contributed by atoms with Crippen LogP contribution in [0, 0.1) is 0 Å². The van der Waals surface area contributed by atoms with Gasteiger partial charge in [0.2, 0.25) is 0 Å². The van der Waals surface area contributed by atoms with E-state index in [0.717, 1.165) is 13.0 Å². The van der Waals surface area contributed by atoms with Crippen molar-refractivity contribution in [3.63, 3.8) is 0 Å². The molecule has 3 aromatic carbocycles. The minimum absolute atomic E-state index is 1.04. The van der Waals surface area contributed by atoms with Gasteiger partial charge in [0, 0.05) is 24.0 Å². The monoisotopic (exact) mass is 297 g/mol. The van der Waals surface area contributed by atoms with Crippen LogP contribution in [0.4, 0.5) is 5.69 Å². The summed E-state index contributed by atoms with van der Waals surface area (Å²) < 4.78 is 0. The molecular formula is C22H19N. The van der Waals surface area contributed by atoms with Crippen LogP contribution < -0.4 is 4.90 Å². The first-order chi connectivity index (χ1) is 11.4. The molecule has 0 saturated heterocycles. The molecule has 1 nitrogen and oxygen atoms in total. The lowest BCUT2D eigenvalue weighted by molar-refractivity contribution is 0.993. The number of benzene rings is 3. The van der Waals surface area contributed by atoms with Crippen molar-refractivity contribution in [1.82, 2.24) is 0 Å². The van der Waals surface area contributed by atoms with Crippen LogP contribution in [0.5, 0.6) is 0 Å². The molecule has 0 fully saturated rings. The number of hydrogen-bond acceptors (Lipinski definition) is 1. The largest absolute Gasteiger partial charge is 0.347 e. The number of nitrogens with zero attached hydrogens (tertiary/aromatic N) is 1. The van der Waals surface area contributed by atoms with Crippen LogP contribution in [0.3, 0.4) is 0 Å².